The molecule has 0 radical (unpaired) electrons. The average molecular weight is 317 g/mol. The van der Waals surface area contributed by atoms with Crippen LogP contribution in [0.15, 0.2) is 91.0 Å². The molecule has 0 aliphatic rings. The summed E-state index contributed by atoms with van der Waals surface area (Å²) in [5.74, 6) is -0.177. The molecule has 0 fully saturated rings. The number of anilines is 1. The van der Waals surface area contributed by atoms with Gasteiger partial charge in [0, 0.05) is 5.69 Å². The molecule has 3 heteroatoms. The van der Waals surface area contributed by atoms with Gasteiger partial charge in [-0.1, -0.05) is 78.9 Å². The number of para-hydroxylation sites is 1. The smallest absolute Gasteiger partial charge is 0.258 e. The van der Waals surface area contributed by atoms with Gasteiger partial charge in [-0.25, -0.2) is 0 Å². The van der Waals surface area contributed by atoms with Crippen molar-refractivity contribution in [1.82, 2.24) is 0 Å². The average Bonchev–Trinajstić information content (AvgIpc) is 2.64. The van der Waals surface area contributed by atoms with E-state index in [-0.39, 0.29) is 5.91 Å². The van der Waals surface area contributed by atoms with Crippen LogP contribution in [-0.2, 0) is 16.1 Å². The van der Waals surface area contributed by atoms with Crippen LogP contribution in [0, 0.1) is 0 Å². The van der Waals surface area contributed by atoms with E-state index >= 15 is 0 Å². The normalized spacial score (nSPS) is 11.7. The third-order valence-corrected chi connectivity index (χ3v) is 3.64. The summed E-state index contributed by atoms with van der Waals surface area (Å²) >= 11 is 0. The van der Waals surface area contributed by atoms with Crippen LogP contribution in [-0.4, -0.2) is 5.91 Å². The summed E-state index contributed by atoms with van der Waals surface area (Å²) < 4.78 is 5.94. The van der Waals surface area contributed by atoms with E-state index in [0.717, 1.165) is 16.8 Å². The number of ether oxygens (including phenoxy) is 1. The van der Waals surface area contributed by atoms with Gasteiger partial charge in [0.2, 0.25) is 0 Å². The minimum absolute atomic E-state index is 0.177. The lowest BCUT2D eigenvalue weighted by molar-refractivity contribution is -0.128. The molecule has 120 valence electrons. The molecule has 0 saturated carbocycles. The van der Waals surface area contributed by atoms with Gasteiger partial charge in [-0.3, -0.25) is 4.79 Å². The molecule has 0 saturated heterocycles. The fourth-order valence-corrected chi connectivity index (χ4v) is 2.43. The van der Waals surface area contributed by atoms with Crippen LogP contribution in [0.3, 0.4) is 0 Å². The standard InChI is InChI=1S/C21H19NO2/c23-21(22-19-14-8-3-9-15-19)20(18-12-6-2-7-13-18)24-16-17-10-4-1-5-11-17/h1-15,20H,16H2,(H,22,23)/t20-/m1/s1. The van der Waals surface area contributed by atoms with Crippen molar-refractivity contribution in [3.63, 3.8) is 0 Å². The van der Waals surface area contributed by atoms with E-state index in [2.05, 4.69) is 5.32 Å². The molecule has 1 N–H and O–H groups in total. The molecular formula is C21H19NO2. The van der Waals surface area contributed by atoms with Crippen LogP contribution in [0.25, 0.3) is 0 Å². The molecule has 0 heterocycles. The van der Waals surface area contributed by atoms with Crippen molar-refractivity contribution in [2.75, 3.05) is 5.32 Å². The van der Waals surface area contributed by atoms with Crippen molar-refractivity contribution in [1.29, 1.82) is 0 Å². The third kappa shape index (κ3) is 4.31. The highest BCUT2D eigenvalue weighted by Gasteiger charge is 2.21. The van der Waals surface area contributed by atoms with E-state index in [4.69, 9.17) is 4.74 Å². The molecule has 3 aromatic rings. The zero-order chi connectivity index (χ0) is 16.6. The summed E-state index contributed by atoms with van der Waals surface area (Å²) in [5, 5.41) is 2.91. The molecule has 3 nitrogen and oxygen atoms in total. The van der Waals surface area contributed by atoms with Gasteiger partial charge in [0.1, 0.15) is 0 Å². The molecule has 0 aliphatic carbocycles. The lowest BCUT2D eigenvalue weighted by atomic mass is 10.1. The number of amides is 1. The molecule has 0 unspecified atom stereocenters. The molecule has 1 amide bonds. The van der Waals surface area contributed by atoms with Gasteiger partial charge in [0.25, 0.3) is 5.91 Å². The van der Waals surface area contributed by atoms with E-state index < -0.39 is 6.10 Å². The molecule has 3 aromatic carbocycles. The monoisotopic (exact) mass is 317 g/mol. The van der Waals surface area contributed by atoms with Crippen molar-refractivity contribution in [3.05, 3.63) is 102 Å². The van der Waals surface area contributed by atoms with Crippen LogP contribution < -0.4 is 5.32 Å². The number of hydrogen-bond acceptors (Lipinski definition) is 2. The Kier molecular flexibility index (Phi) is 5.38. The van der Waals surface area contributed by atoms with Gasteiger partial charge in [0.05, 0.1) is 6.61 Å². The van der Waals surface area contributed by atoms with E-state index in [1.54, 1.807) is 0 Å². The highest BCUT2D eigenvalue weighted by molar-refractivity contribution is 5.94. The second kappa shape index (κ2) is 8.09. The van der Waals surface area contributed by atoms with E-state index in [9.17, 15) is 4.79 Å². The minimum Gasteiger partial charge on any atom is -0.359 e. The Hall–Kier alpha value is -2.91. The zero-order valence-electron chi connectivity index (χ0n) is 13.3. The molecular weight excluding hydrogens is 298 g/mol. The lowest BCUT2D eigenvalue weighted by Gasteiger charge is -2.18. The van der Waals surface area contributed by atoms with Gasteiger partial charge < -0.3 is 10.1 Å². The maximum atomic E-state index is 12.7. The fraction of sp³-hybridized carbons (Fsp3) is 0.0952. The first kappa shape index (κ1) is 16.0. The Morgan fingerprint density at radius 1 is 0.792 bits per heavy atom. The van der Waals surface area contributed by atoms with Gasteiger partial charge in [-0.2, -0.15) is 0 Å². The van der Waals surface area contributed by atoms with E-state index in [0.29, 0.717) is 6.61 Å². The molecule has 1 atom stereocenters. The van der Waals surface area contributed by atoms with Crippen molar-refractivity contribution in [3.8, 4) is 0 Å². The maximum Gasteiger partial charge on any atom is 0.258 e. The SMILES string of the molecule is O=C(Nc1ccccc1)[C@H](OCc1ccccc1)c1ccccc1. The fourth-order valence-electron chi connectivity index (χ4n) is 2.43. The number of carbonyl (C=O) groups excluding carboxylic acids is 1. The number of nitrogens with one attached hydrogen (secondary N) is 1. The summed E-state index contributed by atoms with van der Waals surface area (Å²) in [6.07, 6.45) is -0.661. The van der Waals surface area contributed by atoms with Gasteiger partial charge in [-0.15, -0.1) is 0 Å². The van der Waals surface area contributed by atoms with Gasteiger partial charge in [0.15, 0.2) is 6.10 Å². The molecule has 3 rings (SSSR count). The number of carbonyl (C=O) groups is 1. The molecule has 0 aliphatic heterocycles. The number of hydrogen-bond donors (Lipinski definition) is 1. The maximum absolute atomic E-state index is 12.7. The van der Waals surface area contributed by atoms with Crippen molar-refractivity contribution < 1.29 is 9.53 Å². The predicted molar refractivity (Wildman–Crippen MR) is 95.5 cm³/mol. The zero-order valence-corrected chi connectivity index (χ0v) is 13.3. The van der Waals surface area contributed by atoms with Crippen molar-refractivity contribution >= 4 is 11.6 Å². The highest BCUT2D eigenvalue weighted by atomic mass is 16.5. The van der Waals surface area contributed by atoms with Crippen LogP contribution in [0.1, 0.15) is 17.2 Å². The molecule has 24 heavy (non-hydrogen) atoms. The van der Waals surface area contributed by atoms with E-state index in [1.807, 2.05) is 91.0 Å². The largest absolute Gasteiger partial charge is 0.359 e. The van der Waals surface area contributed by atoms with Crippen molar-refractivity contribution in [2.24, 2.45) is 0 Å². The lowest BCUT2D eigenvalue weighted by Crippen LogP contribution is -2.23. The summed E-state index contributed by atoms with van der Waals surface area (Å²) in [6.45, 7) is 0.378. The Morgan fingerprint density at radius 2 is 1.33 bits per heavy atom. The first-order valence-corrected chi connectivity index (χ1v) is 7.89. The summed E-state index contributed by atoms with van der Waals surface area (Å²) in [5.41, 5.74) is 2.62. The quantitative estimate of drug-likeness (QED) is 0.722. The molecule has 0 aromatic heterocycles. The molecule has 0 spiro atoms. The van der Waals surface area contributed by atoms with Crippen LogP contribution >= 0.6 is 0 Å². The first-order valence-electron chi connectivity index (χ1n) is 7.89. The van der Waals surface area contributed by atoms with Crippen molar-refractivity contribution in [2.45, 2.75) is 12.7 Å². The van der Waals surface area contributed by atoms with Crippen LogP contribution in [0.5, 0.6) is 0 Å². The van der Waals surface area contributed by atoms with Gasteiger partial charge in [-0.05, 0) is 23.3 Å². The second-order valence-corrected chi connectivity index (χ2v) is 5.44. The Morgan fingerprint density at radius 3 is 1.96 bits per heavy atom. The number of rotatable bonds is 6. The second-order valence-electron chi connectivity index (χ2n) is 5.44. The summed E-state index contributed by atoms with van der Waals surface area (Å²) in [6, 6.07) is 28.8. The third-order valence-electron chi connectivity index (χ3n) is 3.64. The molecule has 0 bridgehead atoms. The Bertz CT molecular complexity index is 758. The highest BCUT2D eigenvalue weighted by Crippen LogP contribution is 2.21. The Balaban J connectivity index is 1.75. The van der Waals surface area contributed by atoms with Gasteiger partial charge >= 0.3 is 0 Å². The topological polar surface area (TPSA) is 38.3 Å². The predicted octanol–water partition coefficient (Wildman–Crippen LogP) is 4.58. The van der Waals surface area contributed by atoms with Crippen LogP contribution in [0.4, 0.5) is 5.69 Å². The Labute approximate surface area is 141 Å². The van der Waals surface area contributed by atoms with E-state index in [1.165, 1.54) is 0 Å². The summed E-state index contributed by atoms with van der Waals surface area (Å²) in [7, 11) is 0. The first-order chi connectivity index (χ1) is 11.8. The summed E-state index contributed by atoms with van der Waals surface area (Å²) in [4.78, 5) is 12.7. The number of benzene rings is 3. The minimum atomic E-state index is -0.661. The van der Waals surface area contributed by atoms with Crippen LogP contribution in [0.2, 0.25) is 0 Å².